The molecule has 2 aromatic heterocycles. The zero-order valence-corrected chi connectivity index (χ0v) is 18.1. The molecular weight excluding hydrogens is 384 g/mol. The highest BCUT2D eigenvalue weighted by atomic mass is 32.2. The molecule has 0 aliphatic carbocycles. The van der Waals surface area contributed by atoms with Crippen LogP contribution in [0, 0.1) is 12.8 Å². The van der Waals surface area contributed by atoms with Crippen molar-refractivity contribution in [2.45, 2.75) is 38.0 Å². The van der Waals surface area contributed by atoms with Crippen molar-refractivity contribution >= 4 is 26.7 Å². The number of nitrogens with zero attached hydrogens (tertiary/aromatic N) is 4. The molecule has 0 radical (unpaired) electrons. The number of piperidine rings is 1. The maximum Gasteiger partial charge on any atom is 0.269 e. The first-order chi connectivity index (χ1) is 13.9. The van der Waals surface area contributed by atoms with E-state index in [1.165, 1.54) is 23.2 Å². The Labute approximate surface area is 172 Å². The van der Waals surface area contributed by atoms with Gasteiger partial charge in [-0.1, -0.05) is 31.0 Å². The van der Waals surface area contributed by atoms with Crippen LogP contribution in [-0.4, -0.2) is 42.5 Å². The van der Waals surface area contributed by atoms with Crippen molar-refractivity contribution in [3.63, 3.8) is 0 Å². The summed E-state index contributed by atoms with van der Waals surface area (Å²) in [6.07, 6.45) is 6.94. The van der Waals surface area contributed by atoms with Gasteiger partial charge in [0.2, 0.25) is 0 Å². The normalized spacial score (nSPS) is 18.2. The lowest BCUT2D eigenvalue weighted by molar-refractivity contribution is 0.165. The molecule has 1 saturated heterocycles. The van der Waals surface area contributed by atoms with Crippen LogP contribution in [0.2, 0.25) is 0 Å². The van der Waals surface area contributed by atoms with Crippen LogP contribution in [0.25, 0.3) is 11.0 Å². The lowest BCUT2D eigenvalue weighted by atomic mass is 9.97. The number of aryl methyl sites for hydroxylation is 1. The van der Waals surface area contributed by atoms with Crippen LogP contribution < -0.4 is 5.01 Å². The molecule has 6 nitrogen and oxygen atoms in total. The minimum Gasteiger partial charge on any atom is -0.308 e. The monoisotopic (exact) mass is 412 g/mol. The van der Waals surface area contributed by atoms with Gasteiger partial charge in [0.05, 0.1) is 10.6 Å². The molecule has 1 fully saturated rings. The Kier molecular flexibility index (Phi) is 5.36. The summed E-state index contributed by atoms with van der Waals surface area (Å²) < 4.78 is 27.7. The van der Waals surface area contributed by atoms with E-state index in [0.717, 1.165) is 29.7 Å². The van der Waals surface area contributed by atoms with Gasteiger partial charge in [-0.2, -0.15) is 0 Å². The SMILES string of the molecule is CCC1CCCN(N(C)c2ccnc3c2ccn3S(=O)(=O)c2ccc(C)cc2)C1. The van der Waals surface area contributed by atoms with Crippen molar-refractivity contribution in [1.82, 2.24) is 14.0 Å². The van der Waals surface area contributed by atoms with Gasteiger partial charge in [0, 0.05) is 37.9 Å². The molecule has 0 bridgehead atoms. The number of rotatable bonds is 5. The van der Waals surface area contributed by atoms with Crippen molar-refractivity contribution in [2.75, 3.05) is 25.1 Å². The standard InChI is InChI=1S/C22H28N4O2S/c1-4-18-6-5-14-25(16-18)24(3)21-11-13-23-22-20(21)12-15-26(22)29(27,28)19-9-7-17(2)8-10-19/h7-13,15,18H,4-6,14,16H2,1-3H3. The first-order valence-electron chi connectivity index (χ1n) is 10.2. The van der Waals surface area contributed by atoms with E-state index in [1.807, 2.05) is 31.2 Å². The number of anilines is 1. The van der Waals surface area contributed by atoms with Crippen LogP contribution in [0.1, 0.15) is 31.7 Å². The quantitative estimate of drug-likeness (QED) is 0.633. The number of pyridine rings is 1. The molecule has 3 aromatic rings. The second-order valence-corrected chi connectivity index (χ2v) is 9.66. The molecule has 0 amide bonds. The van der Waals surface area contributed by atoms with E-state index in [9.17, 15) is 8.42 Å². The van der Waals surface area contributed by atoms with Gasteiger partial charge < -0.3 is 5.01 Å². The summed E-state index contributed by atoms with van der Waals surface area (Å²) in [5.41, 5.74) is 2.46. The van der Waals surface area contributed by atoms with E-state index in [0.29, 0.717) is 11.6 Å². The second kappa shape index (κ2) is 7.80. The molecule has 1 aliphatic rings. The third-order valence-corrected chi connectivity index (χ3v) is 7.64. The Morgan fingerprint density at radius 2 is 1.93 bits per heavy atom. The molecular formula is C22H28N4O2S. The van der Waals surface area contributed by atoms with E-state index >= 15 is 0 Å². The minimum atomic E-state index is -3.70. The Hall–Kier alpha value is -2.38. The van der Waals surface area contributed by atoms with E-state index < -0.39 is 10.0 Å². The molecule has 4 rings (SSSR count). The van der Waals surface area contributed by atoms with Crippen LogP contribution in [-0.2, 0) is 10.0 Å². The van der Waals surface area contributed by atoms with Crippen molar-refractivity contribution in [1.29, 1.82) is 0 Å². The number of aromatic nitrogens is 2. The van der Waals surface area contributed by atoms with Gasteiger partial charge in [0.15, 0.2) is 5.65 Å². The highest BCUT2D eigenvalue weighted by Gasteiger charge is 2.25. The largest absolute Gasteiger partial charge is 0.308 e. The van der Waals surface area contributed by atoms with Gasteiger partial charge in [-0.3, -0.25) is 0 Å². The van der Waals surface area contributed by atoms with Crippen molar-refractivity contribution in [3.05, 3.63) is 54.4 Å². The summed E-state index contributed by atoms with van der Waals surface area (Å²) >= 11 is 0. The number of hydrogen-bond donors (Lipinski definition) is 0. The van der Waals surface area contributed by atoms with Gasteiger partial charge in [-0.25, -0.2) is 22.4 Å². The van der Waals surface area contributed by atoms with Crippen LogP contribution >= 0.6 is 0 Å². The molecule has 1 atom stereocenters. The second-order valence-electron chi connectivity index (χ2n) is 7.85. The summed E-state index contributed by atoms with van der Waals surface area (Å²) in [4.78, 5) is 4.68. The maximum atomic E-state index is 13.2. The smallest absolute Gasteiger partial charge is 0.269 e. The molecule has 154 valence electrons. The summed E-state index contributed by atoms with van der Waals surface area (Å²) in [5.74, 6) is 0.704. The van der Waals surface area contributed by atoms with E-state index in [-0.39, 0.29) is 4.90 Å². The molecule has 1 unspecified atom stereocenters. The first-order valence-corrected chi connectivity index (χ1v) is 11.6. The molecule has 0 N–H and O–H groups in total. The molecule has 29 heavy (non-hydrogen) atoms. The zero-order valence-electron chi connectivity index (χ0n) is 17.2. The fourth-order valence-corrected chi connectivity index (χ4v) is 5.40. The lowest BCUT2D eigenvalue weighted by Crippen LogP contribution is -2.46. The van der Waals surface area contributed by atoms with E-state index in [1.54, 1.807) is 24.5 Å². The predicted molar refractivity (Wildman–Crippen MR) is 116 cm³/mol. The van der Waals surface area contributed by atoms with E-state index in [4.69, 9.17) is 0 Å². The maximum absolute atomic E-state index is 13.2. The van der Waals surface area contributed by atoms with Gasteiger partial charge in [-0.05, 0) is 49.9 Å². The third-order valence-electron chi connectivity index (χ3n) is 5.96. The number of hydrogen-bond acceptors (Lipinski definition) is 5. The Balaban J connectivity index is 1.73. The Bertz CT molecular complexity index is 1110. The third kappa shape index (κ3) is 3.65. The fraction of sp³-hybridized carbons (Fsp3) is 0.409. The first kappa shape index (κ1) is 19.9. The Morgan fingerprint density at radius 3 is 2.66 bits per heavy atom. The molecule has 1 aromatic carbocycles. The molecule has 0 spiro atoms. The van der Waals surface area contributed by atoms with Crippen LogP contribution in [0.15, 0.2) is 53.7 Å². The summed E-state index contributed by atoms with van der Waals surface area (Å²) in [5, 5.41) is 5.36. The summed E-state index contributed by atoms with van der Waals surface area (Å²) in [6.45, 7) is 6.22. The molecule has 0 saturated carbocycles. The number of hydrazine groups is 1. The molecule has 3 heterocycles. The Morgan fingerprint density at radius 1 is 1.17 bits per heavy atom. The van der Waals surface area contributed by atoms with Gasteiger partial charge in [0.25, 0.3) is 10.0 Å². The van der Waals surface area contributed by atoms with Crippen LogP contribution in [0.3, 0.4) is 0 Å². The summed E-state index contributed by atoms with van der Waals surface area (Å²) in [6, 6.07) is 10.7. The van der Waals surface area contributed by atoms with Crippen LogP contribution in [0.5, 0.6) is 0 Å². The average molecular weight is 413 g/mol. The van der Waals surface area contributed by atoms with Gasteiger partial charge >= 0.3 is 0 Å². The highest BCUT2D eigenvalue weighted by molar-refractivity contribution is 7.90. The topological polar surface area (TPSA) is 58.4 Å². The average Bonchev–Trinajstić information content (AvgIpc) is 3.18. The van der Waals surface area contributed by atoms with Crippen molar-refractivity contribution < 1.29 is 8.42 Å². The predicted octanol–water partition coefficient (Wildman–Crippen LogP) is 4.05. The minimum absolute atomic E-state index is 0.267. The number of benzene rings is 1. The highest BCUT2D eigenvalue weighted by Crippen LogP contribution is 2.30. The summed E-state index contributed by atoms with van der Waals surface area (Å²) in [7, 11) is -1.64. The van der Waals surface area contributed by atoms with Crippen LogP contribution in [0.4, 0.5) is 5.69 Å². The number of fused-ring (bicyclic) bond motifs is 1. The molecule has 1 aliphatic heterocycles. The van der Waals surface area contributed by atoms with Crippen molar-refractivity contribution in [2.24, 2.45) is 5.92 Å². The fourth-order valence-electron chi connectivity index (χ4n) is 4.10. The lowest BCUT2D eigenvalue weighted by Gasteiger charge is -2.39. The van der Waals surface area contributed by atoms with E-state index in [2.05, 4.69) is 29.0 Å². The van der Waals surface area contributed by atoms with Gasteiger partial charge in [-0.15, -0.1) is 0 Å². The zero-order chi connectivity index (χ0) is 20.6. The molecule has 7 heteroatoms. The van der Waals surface area contributed by atoms with Crippen molar-refractivity contribution in [3.8, 4) is 0 Å². The van der Waals surface area contributed by atoms with Gasteiger partial charge in [0.1, 0.15) is 0 Å².